The van der Waals surface area contributed by atoms with E-state index in [1.54, 1.807) is 6.42 Å². The van der Waals surface area contributed by atoms with Crippen LogP contribution < -0.4 is 0 Å². The highest BCUT2D eigenvalue weighted by atomic mass is 14.4. The molecule has 2 fully saturated rings. The van der Waals surface area contributed by atoms with Crippen LogP contribution in [0.25, 0.3) is 0 Å². The molecule has 0 amide bonds. The van der Waals surface area contributed by atoms with Crippen molar-refractivity contribution in [3.8, 4) is 0 Å². The summed E-state index contributed by atoms with van der Waals surface area (Å²) in [5.41, 5.74) is 0.570. The van der Waals surface area contributed by atoms with Crippen molar-refractivity contribution >= 4 is 0 Å². The first-order chi connectivity index (χ1) is 5.57. The number of rotatable bonds is 0. The van der Waals surface area contributed by atoms with Crippen LogP contribution in [0.2, 0.25) is 0 Å². The van der Waals surface area contributed by atoms with Gasteiger partial charge in [0.15, 0.2) is 0 Å². The summed E-state index contributed by atoms with van der Waals surface area (Å²) in [6, 6.07) is 0. The minimum Gasteiger partial charge on any atom is -0.0599 e. The zero-order valence-corrected chi connectivity index (χ0v) is 8.77. The van der Waals surface area contributed by atoms with E-state index in [0.29, 0.717) is 5.41 Å². The fraction of sp³-hybridized carbons (Fsp3) is 1.00. The second-order valence-corrected chi connectivity index (χ2v) is 5.97. The molecule has 2 saturated carbocycles. The average molecular weight is 166 g/mol. The summed E-state index contributed by atoms with van der Waals surface area (Å²) in [5.74, 6) is 3.28. The topological polar surface area (TPSA) is 0 Å². The van der Waals surface area contributed by atoms with Gasteiger partial charge in [0.05, 0.1) is 0 Å². The zero-order chi connectivity index (χ0) is 8.77. The summed E-state index contributed by atoms with van der Waals surface area (Å²) in [7, 11) is 0. The van der Waals surface area contributed by atoms with Crippen molar-refractivity contribution in [3.63, 3.8) is 0 Å². The summed E-state index contributed by atoms with van der Waals surface area (Å²) in [4.78, 5) is 0. The Hall–Kier alpha value is 0. The third-order valence-electron chi connectivity index (χ3n) is 4.27. The van der Waals surface area contributed by atoms with Gasteiger partial charge in [-0.25, -0.2) is 0 Å². The van der Waals surface area contributed by atoms with Crippen LogP contribution in [0, 0.1) is 23.2 Å². The fourth-order valence-corrected chi connectivity index (χ4v) is 3.01. The summed E-state index contributed by atoms with van der Waals surface area (Å²) >= 11 is 0. The van der Waals surface area contributed by atoms with Gasteiger partial charge < -0.3 is 0 Å². The standard InChI is InChI=1S/C12H22/c1-12(2,3)11-7-6-9-4-5-10(9)8-11/h9-11H,4-8H2,1-3H3. The lowest BCUT2D eigenvalue weighted by molar-refractivity contribution is 0.0356. The molecule has 0 nitrogen and oxygen atoms in total. The van der Waals surface area contributed by atoms with E-state index in [9.17, 15) is 0 Å². The van der Waals surface area contributed by atoms with E-state index < -0.39 is 0 Å². The van der Waals surface area contributed by atoms with Crippen molar-refractivity contribution in [1.82, 2.24) is 0 Å². The quantitative estimate of drug-likeness (QED) is 0.512. The van der Waals surface area contributed by atoms with Gasteiger partial charge in [0, 0.05) is 0 Å². The molecule has 2 rings (SSSR count). The van der Waals surface area contributed by atoms with Crippen molar-refractivity contribution in [3.05, 3.63) is 0 Å². The third-order valence-corrected chi connectivity index (χ3v) is 4.27. The summed E-state index contributed by atoms with van der Waals surface area (Å²) in [6.45, 7) is 7.24. The number of fused-ring (bicyclic) bond motifs is 1. The molecule has 3 unspecified atom stereocenters. The molecule has 2 aliphatic carbocycles. The van der Waals surface area contributed by atoms with E-state index in [4.69, 9.17) is 0 Å². The Balaban J connectivity index is 1.94. The normalized spacial score (nSPS) is 41.8. The van der Waals surface area contributed by atoms with E-state index in [1.165, 1.54) is 25.7 Å². The first-order valence-corrected chi connectivity index (χ1v) is 5.57. The highest BCUT2D eigenvalue weighted by molar-refractivity contribution is 4.90. The Labute approximate surface area is 76.7 Å². The predicted octanol–water partition coefficient (Wildman–Crippen LogP) is 3.86. The van der Waals surface area contributed by atoms with Crippen LogP contribution in [0.5, 0.6) is 0 Å². The molecule has 0 radical (unpaired) electrons. The maximum atomic E-state index is 2.41. The highest BCUT2D eigenvalue weighted by Gasteiger charge is 2.39. The lowest BCUT2D eigenvalue weighted by Crippen LogP contribution is -2.37. The first kappa shape index (κ1) is 8.59. The minimum absolute atomic E-state index is 0.570. The summed E-state index contributed by atoms with van der Waals surface area (Å²) in [6.07, 6.45) is 7.66. The molecule has 12 heavy (non-hydrogen) atoms. The molecule has 0 N–H and O–H groups in total. The highest BCUT2D eigenvalue weighted by Crippen LogP contribution is 2.50. The van der Waals surface area contributed by atoms with Crippen LogP contribution in [-0.2, 0) is 0 Å². The second kappa shape index (κ2) is 2.75. The maximum absolute atomic E-state index is 2.41. The molecule has 0 aliphatic heterocycles. The fourth-order valence-electron chi connectivity index (χ4n) is 3.01. The molecule has 0 saturated heterocycles. The Kier molecular flexibility index (Phi) is 1.97. The van der Waals surface area contributed by atoms with E-state index >= 15 is 0 Å². The van der Waals surface area contributed by atoms with Gasteiger partial charge in [0.25, 0.3) is 0 Å². The molecule has 0 aromatic heterocycles. The van der Waals surface area contributed by atoms with Crippen molar-refractivity contribution in [2.24, 2.45) is 23.2 Å². The van der Waals surface area contributed by atoms with Crippen LogP contribution in [0.4, 0.5) is 0 Å². The molecule has 2 aliphatic rings. The SMILES string of the molecule is CC(C)(C)C1CCC2CCC2C1. The van der Waals surface area contributed by atoms with Crippen LogP contribution in [-0.4, -0.2) is 0 Å². The Bertz CT molecular complexity index is 163. The third kappa shape index (κ3) is 1.41. The van der Waals surface area contributed by atoms with Crippen molar-refractivity contribution in [1.29, 1.82) is 0 Å². The van der Waals surface area contributed by atoms with Crippen molar-refractivity contribution in [2.45, 2.75) is 52.9 Å². The monoisotopic (exact) mass is 166 g/mol. The van der Waals surface area contributed by atoms with Gasteiger partial charge in [0.1, 0.15) is 0 Å². The summed E-state index contributed by atoms with van der Waals surface area (Å²) < 4.78 is 0. The van der Waals surface area contributed by atoms with Crippen molar-refractivity contribution in [2.75, 3.05) is 0 Å². The van der Waals surface area contributed by atoms with Gasteiger partial charge in [-0.1, -0.05) is 20.8 Å². The zero-order valence-electron chi connectivity index (χ0n) is 8.77. The van der Waals surface area contributed by atoms with E-state index in [1.807, 2.05) is 0 Å². The lowest BCUT2D eigenvalue weighted by atomic mass is 9.58. The molecule has 0 aromatic carbocycles. The van der Waals surface area contributed by atoms with Gasteiger partial charge in [-0.05, 0) is 55.3 Å². The van der Waals surface area contributed by atoms with Gasteiger partial charge in [-0.15, -0.1) is 0 Å². The van der Waals surface area contributed by atoms with E-state index in [-0.39, 0.29) is 0 Å². The minimum atomic E-state index is 0.570. The van der Waals surface area contributed by atoms with Crippen LogP contribution in [0.15, 0.2) is 0 Å². The molecular formula is C12H22. The molecular weight excluding hydrogens is 144 g/mol. The molecule has 0 spiro atoms. The predicted molar refractivity (Wildman–Crippen MR) is 53.0 cm³/mol. The van der Waals surface area contributed by atoms with Gasteiger partial charge in [0.2, 0.25) is 0 Å². The number of hydrogen-bond donors (Lipinski definition) is 0. The van der Waals surface area contributed by atoms with Gasteiger partial charge in [-0.2, -0.15) is 0 Å². The average Bonchev–Trinajstić information content (AvgIpc) is 1.89. The van der Waals surface area contributed by atoms with Crippen molar-refractivity contribution < 1.29 is 0 Å². The van der Waals surface area contributed by atoms with E-state index in [0.717, 1.165) is 17.8 Å². The van der Waals surface area contributed by atoms with Crippen LogP contribution >= 0.6 is 0 Å². The Morgan fingerprint density at radius 1 is 0.833 bits per heavy atom. The number of hydrogen-bond acceptors (Lipinski definition) is 0. The molecule has 3 atom stereocenters. The lowest BCUT2D eigenvalue weighted by Gasteiger charge is -2.47. The Morgan fingerprint density at radius 3 is 1.83 bits per heavy atom. The summed E-state index contributed by atoms with van der Waals surface area (Å²) in [5, 5.41) is 0. The van der Waals surface area contributed by atoms with Gasteiger partial charge >= 0.3 is 0 Å². The molecule has 70 valence electrons. The van der Waals surface area contributed by atoms with E-state index in [2.05, 4.69) is 20.8 Å². The molecule has 0 aromatic rings. The van der Waals surface area contributed by atoms with Crippen LogP contribution in [0.3, 0.4) is 0 Å². The molecule has 0 heteroatoms. The largest absolute Gasteiger partial charge is 0.0599 e. The first-order valence-electron chi connectivity index (χ1n) is 5.57. The second-order valence-electron chi connectivity index (χ2n) is 5.97. The Morgan fingerprint density at radius 2 is 1.42 bits per heavy atom. The van der Waals surface area contributed by atoms with Crippen LogP contribution in [0.1, 0.15) is 52.9 Å². The van der Waals surface area contributed by atoms with Gasteiger partial charge in [-0.3, -0.25) is 0 Å². The smallest absolute Gasteiger partial charge is 0.0354 e. The maximum Gasteiger partial charge on any atom is -0.0354 e. The molecule has 0 heterocycles. The molecule has 0 bridgehead atoms.